The minimum atomic E-state index is 0.320. The Morgan fingerprint density at radius 3 is 2.58 bits per heavy atom. The number of rotatable bonds is 5. The van der Waals surface area contributed by atoms with E-state index in [2.05, 4.69) is 12.2 Å². The second-order valence-corrected chi connectivity index (χ2v) is 6.07. The van der Waals surface area contributed by atoms with E-state index >= 15 is 0 Å². The summed E-state index contributed by atoms with van der Waals surface area (Å²) in [5, 5.41) is 3.23. The molecule has 2 aliphatic rings. The van der Waals surface area contributed by atoms with Crippen molar-refractivity contribution in [3.63, 3.8) is 0 Å². The summed E-state index contributed by atoms with van der Waals surface area (Å²) in [7, 11) is 2.00. The van der Waals surface area contributed by atoms with Crippen LogP contribution in [0.5, 0.6) is 0 Å². The normalized spacial score (nSPS) is 28.8. The number of likely N-dealkylation sites (tertiary alicyclic amines) is 1. The highest BCUT2D eigenvalue weighted by molar-refractivity contribution is 5.76. The maximum atomic E-state index is 12.2. The van der Waals surface area contributed by atoms with Gasteiger partial charge >= 0.3 is 0 Å². The van der Waals surface area contributed by atoms with Gasteiger partial charge in [0.05, 0.1) is 12.2 Å². The second kappa shape index (κ2) is 7.25. The average Bonchev–Trinajstić information content (AvgIpc) is 2.83. The predicted octanol–water partition coefficient (Wildman–Crippen LogP) is 1.79. The highest BCUT2D eigenvalue weighted by atomic mass is 16.5. The lowest BCUT2D eigenvalue weighted by Crippen LogP contribution is -2.40. The first-order valence-electron chi connectivity index (χ1n) is 7.77. The first kappa shape index (κ1) is 14.8. The summed E-state index contributed by atoms with van der Waals surface area (Å²) in [6.45, 7) is 5.07. The molecule has 0 bridgehead atoms. The van der Waals surface area contributed by atoms with Crippen LogP contribution in [-0.4, -0.2) is 49.7 Å². The molecule has 0 radical (unpaired) electrons. The van der Waals surface area contributed by atoms with Crippen LogP contribution < -0.4 is 5.32 Å². The first-order valence-corrected chi connectivity index (χ1v) is 7.77. The van der Waals surface area contributed by atoms with Crippen molar-refractivity contribution < 1.29 is 9.53 Å². The molecular formula is C15H28N2O2. The van der Waals surface area contributed by atoms with Gasteiger partial charge in [-0.3, -0.25) is 4.79 Å². The zero-order valence-corrected chi connectivity index (χ0v) is 12.4. The second-order valence-electron chi connectivity index (χ2n) is 6.07. The molecule has 2 saturated heterocycles. The van der Waals surface area contributed by atoms with E-state index in [0.717, 1.165) is 57.7 Å². The van der Waals surface area contributed by atoms with Crippen LogP contribution in [0, 0.1) is 5.92 Å². The van der Waals surface area contributed by atoms with Crippen LogP contribution in [-0.2, 0) is 9.53 Å². The van der Waals surface area contributed by atoms with Crippen molar-refractivity contribution in [2.45, 2.75) is 57.7 Å². The number of hydrogen-bond acceptors (Lipinski definition) is 3. The zero-order chi connectivity index (χ0) is 13.7. The fourth-order valence-corrected chi connectivity index (χ4v) is 3.22. The Labute approximate surface area is 116 Å². The Kier molecular flexibility index (Phi) is 5.64. The molecule has 2 aliphatic heterocycles. The van der Waals surface area contributed by atoms with Crippen molar-refractivity contribution in [2.75, 3.05) is 26.7 Å². The van der Waals surface area contributed by atoms with E-state index in [-0.39, 0.29) is 0 Å². The minimum absolute atomic E-state index is 0.320. The molecule has 0 aromatic rings. The maximum absolute atomic E-state index is 12.2. The van der Waals surface area contributed by atoms with Crippen molar-refractivity contribution >= 4 is 5.91 Å². The fraction of sp³-hybridized carbons (Fsp3) is 0.933. The Balaban J connectivity index is 1.64. The van der Waals surface area contributed by atoms with Gasteiger partial charge in [-0.1, -0.05) is 0 Å². The van der Waals surface area contributed by atoms with Crippen LogP contribution in [0.2, 0.25) is 0 Å². The summed E-state index contributed by atoms with van der Waals surface area (Å²) in [5.74, 6) is 1.07. The Hall–Kier alpha value is -0.610. The molecule has 0 spiro atoms. The van der Waals surface area contributed by atoms with Crippen LogP contribution >= 0.6 is 0 Å². The van der Waals surface area contributed by atoms with Crippen molar-refractivity contribution in [3.05, 3.63) is 0 Å². The molecule has 2 fully saturated rings. The molecule has 1 N–H and O–H groups in total. The number of nitrogens with zero attached hydrogens (tertiary/aromatic N) is 1. The summed E-state index contributed by atoms with van der Waals surface area (Å²) >= 11 is 0. The van der Waals surface area contributed by atoms with Gasteiger partial charge in [0.2, 0.25) is 5.91 Å². The Bertz CT molecular complexity index is 288. The highest BCUT2D eigenvalue weighted by Crippen LogP contribution is 2.23. The van der Waals surface area contributed by atoms with E-state index in [1.54, 1.807) is 0 Å². The van der Waals surface area contributed by atoms with E-state index in [4.69, 9.17) is 4.74 Å². The van der Waals surface area contributed by atoms with Crippen molar-refractivity contribution in [3.8, 4) is 0 Å². The molecule has 1 amide bonds. The lowest BCUT2D eigenvalue weighted by Gasteiger charge is -2.32. The van der Waals surface area contributed by atoms with Gasteiger partial charge in [0.15, 0.2) is 0 Å². The fourth-order valence-electron chi connectivity index (χ4n) is 3.22. The van der Waals surface area contributed by atoms with Gasteiger partial charge in [-0.25, -0.2) is 0 Å². The lowest BCUT2D eigenvalue weighted by molar-refractivity contribution is -0.133. The smallest absolute Gasteiger partial charge is 0.222 e. The van der Waals surface area contributed by atoms with Crippen LogP contribution in [0.15, 0.2) is 0 Å². The SMILES string of the molecule is CNCC1CCN(C(=O)CCC2CCC(C)O2)CC1. The van der Waals surface area contributed by atoms with Crippen LogP contribution in [0.25, 0.3) is 0 Å². The largest absolute Gasteiger partial charge is 0.375 e. The van der Waals surface area contributed by atoms with Crippen molar-refractivity contribution in [1.29, 1.82) is 0 Å². The molecule has 2 unspecified atom stereocenters. The van der Waals surface area contributed by atoms with Gasteiger partial charge in [0, 0.05) is 19.5 Å². The summed E-state index contributed by atoms with van der Waals surface area (Å²) in [6.07, 6.45) is 6.83. The number of carbonyl (C=O) groups excluding carboxylic acids is 1. The molecule has 0 aliphatic carbocycles. The lowest BCUT2D eigenvalue weighted by atomic mass is 9.96. The van der Waals surface area contributed by atoms with E-state index in [0.29, 0.717) is 24.5 Å². The molecule has 110 valence electrons. The quantitative estimate of drug-likeness (QED) is 0.826. The Morgan fingerprint density at radius 2 is 2.00 bits per heavy atom. The number of nitrogens with one attached hydrogen (secondary N) is 1. The number of piperidine rings is 1. The molecule has 0 aromatic carbocycles. The monoisotopic (exact) mass is 268 g/mol. The molecule has 19 heavy (non-hydrogen) atoms. The standard InChI is InChI=1S/C15H28N2O2/c1-12-3-4-14(19-12)5-6-15(18)17-9-7-13(8-10-17)11-16-2/h12-14,16H,3-11H2,1-2H3. The van der Waals surface area contributed by atoms with Crippen LogP contribution in [0.1, 0.15) is 45.4 Å². The van der Waals surface area contributed by atoms with Gasteiger partial charge in [-0.2, -0.15) is 0 Å². The third-order valence-corrected chi connectivity index (χ3v) is 4.46. The van der Waals surface area contributed by atoms with Crippen LogP contribution in [0.4, 0.5) is 0 Å². The minimum Gasteiger partial charge on any atom is -0.375 e. The Morgan fingerprint density at radius 1 is 1.26 bits per heavy atom. The molecule has 2 heterocycles. The molecule has 2 atom stereocenters. The van der Waals surface area contributed by atoms with Gasteiger partial charge in [-0.15, -0.1) is 0 Å². The maximum Gasteiger partial charge on any atom is 0.222 e. The molecule has 4 heteroatoms. The summed E-state index contributed by atoms with van der Waals surface area (Å²) in [4.78, 5) is 14.2. The van der Waals surface area contributed by atoms with Gasteiger partial charge in [-0.05, 0) is 58.5 Å². The summed E-state index contributed by atoms with van der Waals surface area (Å²) in [6, 6.07) is 0. The van der Waals surface area contributed by atoms with Crippen molar-refractivity contribution in [1.82, 2.24) is 10.2 Å². The predicted molar refractivity (Wildman–Crippen MR) is 76.0 cm³/mol. The van der Waals surface area contributed by atoms with E-state index in [1.807, 2.05) is 11.9 Å². The molecule has 2 rings (SSSR count). The van der Waals surface area contributed by atoms with E-state index in [9.17, 15) is 4.79 Å². The first-order chi connectivity index (χ1) is 9.19. The highest BCUT2D eigenvalue weighted by Gasteiger charge is 2.25. The van der Waals surface area contributed by atoms with E-state index in [1.165, 1.54) is 0 Å². The number of hydrogen-bond donors (Lipinski definition) is 1. The van der Waals surface area contributed by atoms with E-state index < -0.39 is 0 Å². The summed E-state index contributed by atoms with van der Waals surface area (Å²) < 4.78 is 5.77. The third-order valence-electron chi connectivity index (χ3n) is 4.46. The molecule has 4 nitrogen and oxygen atoms in total. The third kappa shape index (κ3) is 4.46. The average molecular weight is 268 g/mol. The number of ether oxygens (including phenoxy) is 1. The zero-order valence-electron chi connectivity index (χ0n) is 12.4. The summed E-state index contributed by atoms with van der Waals surface area (Å²) in [5.41, 5.74) is 0. The number of amides is 1. The van der Waals surface area contributed by atoms with Crippen molar-refractivity contribution in [2.24, 2.45) is 5.92 Å². The topological polar surface area (TPSA) is 41.6 Å². The molecule has 0 aromatic heterocycles. The molecule has 0 saturated carbocycles. The van der Waals surface area contributed by atoms with Gasteiger partial charge in [0.1, 0.15) is 0 Å². The van der Waals surface area contributed by atoms with Gasteiger partial charge < -0.3 is 15.0 Å². The van der Waals surface area contributed by atoms with Gasteiger partial charge in [0.25, 0.3) is 0 Å². The molecular weight excluding hydrogens is 240 g/mol. The number of carbonyl (C=O) groups is 1. The van der Waals surface area contributed by atoms with Crippen LogP contribution in [0.3, 0.4) is 0 Å².